The molecule has 2 rings (SSSR count). The first-order chi connectivity index (χ1) is 12.0. The van der Waals surface area contributed by atoms with Gasteiger partial charge in [-0.05, 0) is 31.4 Å². The van der Waals surface area contributed by atoms with Crippen LogP contribution in [-0.4, -0.2) is 48.5 Å². The van der Waals surface area contributed by atoms with Crippen molar-refractivity contribution < 1.29 is 19.1 Å². The number of esters is 1. The fraction of sp³-hybridized carbons (Fsp3) is 0.500. The molecule has 0 saturated carbocycles. The van der Waals surface area contributed by atoms with Crippen molar-refractivity contribution >= 4 is 17.9 Å². The van der Waals surface area contributed by atoms with Gasteiger partial charge >= 0.3 is 12.0 Å². The Balaban J connectivity index is 1.65. The molecule has 0 aliphatic carbocycles. The summed E-state index contributed by atoms with van der Waals surface area (Å²) in [5.41, 5.74) is 2.43. The predicted molar refractivity (Wildman–Crippen MR) is 92.8 cm³/mol. The van der Waals surface area contributed by atoms with E-state index < -0.39 is 5.97 Å². The first-order valence-electron chi connectivity index (χ1n) is 8.50. The maximum absolute atomic E-state index is 12.2. The molecular formula is C18H25N3O4. The minimum absolute atomic E-state index is 0.000151. The summed E-state index contributed by atoms with van der Waals surface area (Å²) in [5.74, 6) is -0.845. The Kier molecular flexibility index (Phi) is 6.80. The standard InChI is InChI=1S/C18H25N3O4/c1-13(2)20-16(22)12-25-17(23)7-9-19-18(24)21-10-8-14-5-3-4-6-15(14)11-21/h3-6,13H,7-12H2,1-2H3,(H,19,24)(H,20,22). The average Bonchev–Trinajstić information content (AvgIpc) is 2.59. The summed E-state index contributed by atoms with van der Waals surface area (Å²) in [6, 6.07) is 7.87. The molecule has 25 heavy (non-hydrogen) atoms. The van der Waals surface area contributed by atoms with Crippen molar-refractivity contribution in [3.8, 4) is 0 Å². The SMILES string of the molecule is CC(C)NC(=O)COC(=O)CCNC(=O)N1CCc2ccccc2C1. The highest BCUT2D eigenvalue weighted by Crippen LogP contribution is 2.18. The van der Waals surface area contributed by atoms with Crippen LogP contribution < -0.4 is 10.6 Å². The topological polar surface area (TPSA) is 87.7 Å². The Labute approximate surface area is 147 Å². The van der Waals surface area contributed by atoms with E-state index in [1.165, 1.54) is 5.56 Å². The summed E-state index contributed by atoms with van der Waals surface area (Å²) in [7, 11) is 0. The van der Waals surface area contributed by atoms with Crippen LogP contribution in [0.5, 0.6) is 0 Å². The molecule has 1 aliphatic rings. The number of carbonyl (C=O) groups excluding carboxylic acids is 3. The smallest absolute Gasteiger partial charge is 0.317 e. The van der Waals surface area contributed by atoms with Crippen molar-refractivity contribution in [1.82, 2.24) is 15.5 Å². The summed E-state index contributed by atoms with van der Waals surface area (Å²) in [6.45, 7) is 4.77. The van der Waals surface area contributed by atoms with E-state index in [2.05, 4.69) is 16.7 Å². The third-order valence-electron chi connectivity index (χ3n) is 3.84. The molecule has 3 amide bonds. The van der Waals surface area contributed by atoms with Gasteiger partial charge in [0.15, 0.2) is 6.61 Å². The lowest BCUT2D eigenvalue weighted by molar-refractivity contribution is -0.148. The Morgan fingerprint density at radius 3 is 2.64 bits per heavy atom. The quantitative estimate of drug-likeness (QED) is 0.757. The lowest BCUT2D eigenvalue weighted by Crippen LogP contribution is -2.43. The summed E-state index contributed by atoms with van der Waals surface area (Å²) >= 11 is 0. The first kappa shape index (κ1) is 18.8. The molecule has 7 heteroatoms. The number of hydrogen-bond acceptors (Lipinski definition) is 4. The molecule has 0 atom stereocenters. The van der Waals surface area contributed by atoms with Gasteiger partial charge in [0.05, 0.1) is 6.42 Å². The second-order valence-electron chi connectivity index (χ2n) is 6.31. The van der Waals surface area contributed by atoms with Crippen molar-refractivity contribution in [2.24, 2.45) is 0 Å². The third-order valence-corrected chi connectivity index (χ3v) is 3.84. The van der Waals surface area contributed by atoms with Crippen LogP contribution in [-0.2, 0) is 27.3 Å². The number of fused-ring (bicyclic) bond motifs is 1. The minimum Gasteiger partial charge on any atom is -0.456 e. The van der Waals surface area contributed by atoms with Crippen LogP contribution in [0.15, 0.2) is 24.3 Å². The molecule has 1 aliphatic heterocycles. The summed E-state index contributed by atoms with van der Waals surface area (Å²) in [6.07, 6.45) is 0.863. The normalized spacial score (nSPS) is 13.2. The summed E-state index contributed by atoms with van der Waals surface area (Å²) < 4.78 is 4.86. The van der Waals surface area contributed by atoms with Gasteiger partial charge in [0.1, 0.15) is 0 Å². The number of benzene rings is 1. The zero-order valence-corrected chi connectivity index (χ0v) is 14.7. The highest BCUT2D eigenvalue weighted by molar-refractivity contribution is 5.81. The zero-order valence-electron chi connectivity index (χ0n) is 14.7. The van der Waals surface area contributed by atoms with Gasteiger partial charge in [-0.15, -0.1) is 0 Å². The highest BCUT2D eigenvalue weighted by Gasteiger charge is 2.20. The van der Waals surface area contributed by atoms with E-state index in [0.717, 1.165) is 12.0 Å². The lowest BCUT2D eigenvalue weighted by atomic mass is 10.0. The van der Waals surface area contributed by atoms with Gasteiger partial charge in [-0.1, -0.05) is 24.3 Å². The van der Waals surface area contributed by atoms with E-state index in [0.29, 0.717) is 13.1 Å². The molecule has 0 saturated heterocycles. The number of nitrogens with one attached hydrogen (secondary N) is 2. The van der Waals surface area contributed by atoms with Crippen molar-refractivity contribution in [2.45, 2.75) is 39.3 Å². The molecule has 136 valence electrons. The molecular weight excluding hydrogens is 322 g/mol. The van der Waals surface area contributed by atoms with Gasteiger partial charge in [-0.2, -0.15) is 0 Å². The summed E-state index contributed by atoms with van der Waals surface area (Å²) in [5, 5.41) is 5.35. The van der Waals surface area contributed by atoms with Gasteiger partial charge < -0.3 is 20.3 Å². The van der Waals surface area contributed by atoms with Gasteiger partial charge in [0.25, 0.3) is 5.91 Å². The fourth-order valence-corrected chi connectivity index (χ4v) is 2.63. The molecule has 0 aromatic heterocycles. The van der Waals surface area contributed by atoms with E-state index >= 15 is 0 Å². The fourth-order valence-electron chi connectivity index (χ4n) is 2.63. The van der Waals surface area contributed by atoms with Crippen molar-refractivity contribution in [3.63, 3.8) is 0 Å². The number of urea groups is 1. The van der Waals surface area contributed by atoms with Gasteiger partial charge in [-0.3, -0.25) is 9.59 Å². The predicted octanol–water partition coefficient (Wildman–Crippen LogP) is 1.21. The number of ether oxygens (including phenoxy) is 1. The van der Waals surface area contributed by atoms with Gasteiger partial charge in [0, 0.05) is 25.7 Å². The van der Waals surface area contributed by atoms with E-state index in [1.807, 2.05) is 32.0 Å². The van der Waals surface area contributed by atoms with Crippen molar-refractivity contribution in [3.05, 3.63) is 35.4 Å². The number of amides is 3. The van der Waals surface area contributed by atoms with Crippen LogP contribution in [0, 0.1) is 0 Å². The number of rotatable bonds is 6. The molecule has 0 spiro atoms. The van der Waals surface area contributed by atoms with E-state index in [4.69, 9.17) is 4.74 Å². The Bertz CT molecular complexity index is 631. The molecule has 0 unspecified atom stereocenters. The second-order valence-corrected chi connectivity index (χ2v) is 6.31. The third kappa shape index (κ3) is 6.10. The molecule has 0 bridgehead atoms. The van der Waals surface area contributed by atoms with Crippen LogP contribution in [0.4, 0.5) is 4.79 Å². The lowest BCUT2D eigenvalue weighted by Gasteiger charge is -2.28. The average molecular weight is 347 g/mol. The van der Waals surface area contributed by atoms with Crippen LogP contribution in [0.3, 0.4) is 0 Å². The summed E-state index contributed by atoms with van der Waals surface area (Å²) in [4.78, 5) is 36.9. The zero-order chi connectivity index (χ0) is 18.2. The monoisotopic (exact) mass is 347 g/mol. The number of nitrogens with zero attached hydrogens (tertiary/aromatic N) is 1. The molecule has 1 aromatic carbocycles. The van der Waals surface area contributed by atoms with E-state index in [1.54, 1.807) is 4.90 Å². The Morgan fingerprint density at radius 1 is 1.20 bits per heavy atom. The molecule has 1 heterocycles. The van der Waals surface area contributed by atoms with E-state index in [-0.39, 0.29) is 37.6 Å². The first-order valence-corrected chi connectivity index (χ1v) is 8.50. The number of hydrogen-bond donors (Lipinski definition) is 2. The largest absolute Gasteiger partial charge is 0.456 e. The maximum Gasteiger partial charge on any atom is 0.317 e. The Hall–Kier alpha value is -2.57. The molecule has 7 nitrogen and oxygen atoms in total. The van der Waals surface area contributed by atoms with Crippen LogP contribution in [0.2, 0.25) is 0 Å². The van der Waals surface area contributed by atoms with E-state index in [9.17, 15) is 14.4 Å². The second kappa shape index (κ2) is 9.05. The molecule has 0 fully saturated rings. The van der Waals surface area contributed by atoms with Crippen molar-refractivity contribution in [1.29, 1.82) is 0 Å². The molecule has 0 radical (unpaired) electrons. The van der Waals surface area contributed by atoms with Crippen LogP contribution >= 0.6 is 0 Å². The van der Waals surface area contributed by atoms with Gasteiger partial charge in [-0.25, -0.2) is 4.79 Å². The van der Waals surface area contributed by atoms with Crippen LogP contribution in [0.25, 0.3) is 0 Å². The molecule has 2 N–H and O–H groups in total. The highest BCUT2D eigenvalue weighted by atomic mass is 16.5. The molecule has 1 aromatic rings. The Morgan fingerprint density at radius 2 is 1.92 bits per heavy atom. The number of carbonyl (C=O) groups is 3. The minimum atomic E-state index is -0.511. The maximum atomic E-state index is 12.2. The van der Waals surface area contributed by atoms with Crippen LogP contribution in [0.1, 0.15) is 31.4 Å². The van der Waals surface area contributed by atoms with Gasteiger partial charge in [0.2, 0.25) is 0 Å². The van der Waals surface area contributed by atoms with Crippen molar-refractivity contribution in [2.75, 3.05) is 19.7 Å².